The lowest BCUT2D eigenvalue weighted by molar-refractivity contribution is -0.128. The number of hydrogen-bond acceptors (Lipinski definition) is 3. The van der Waals surface area contributed by atoms with Crippen molar-refractivity contribution >= 4 is 24.2 Å². The van der Waals surface area contributed by atoms with Crippen LogP contribution in [0.3, 0.4) is 0 Å². The zero-order valence-electron chi connectivity index (χ0n) is 12.9. The van der Waals surface area contributed by atoms with E-state index in [1.807, 2.05) is 36.1 Å². The van der Waals surface area contributed by atoms with Crippen molar-refractivity contribution in [1.29, 1.82) is 0 Å². The van der Waals surface area contributed by atoms with Gasteiger partial charge in [0.05, 0.1) is 0 Å². The molecule has 0 bridgehead atoms. The van der Waals surface area contributed by atoms with Gasteiger partial charge in [0, 0.05) is 38.5 Å². The lowest BCUT2D eigenvalue weighted by Crippen LogP contribution is -2.32. The van der Waals surface area contributed by atoms with E-state index in [1.165, 1.54) is 0 Å². The number of carbonyl (C=O) groups excluding carboxylic acids is 2. The molecule has 122 valence electrons. The van der Waals surface area contributed by atoms with E-state index in [0.717, 1.165) is 24.1 Å². The fraction of sp³-hybridized carbons (Fsp3) is 0.500. The summed E-state index contributed by atoms with van der Waals surface area (Å²) >= 11 is 0. The van der Waals surface area contributed by atoms with E-state index < -0.39 is 0 Å². The van der Waals surface area contributed by atoms with Gasteiger partial charge in [0.25, 0.3) is 0 Å². The maximum atomic E-state index is 11.6. The molecule has 5 nitrogen and oxygen atoms in total. The first kappa shape index (κ1) is 18.5. The molecule has 6 heteroatoms. The second kappa shape index (κ2) is 8.76. The van der Waals surface area contributed by atoms with Gasteiger partial charge in [-0.1, -0.05) is 31.2 Å². The molecule has 3 N–H and O–H groups in total. The van der Waals surface area contributed by atoms with E-state index >= 15 is 0 Å². The van der Waals surface area contributed by atoms with Gasteiger partial charge < -0.3 is 16.0 Å². The van der Waals surface area contributed by atoms with Gasteiger partial charge in [0.15, 0.2) is 0 Å². The molecular weight excluding hydrogens is 302 g/mol. The number of amides is 2. The van der Waals surface area contributed by atoms with Crippen LogP contribution in [0.25, 0.3) is 0 Å². The third-order valence-corrected chi connectivity index (χ3v) is 3.84. The van der Waals surface area contributed by atoms with Gasteiger partial charge in [0.1, 0.15) is 0 Å². The van der Waals surface area contributed by atoms with E-state index in [1.54, 1.807) is 0 Å². The largest absolute Gasteiger partial charge is 0.352 e. The van der Waals surface area contributed by atoms with E-state index in [0.29, 0.717) is 26.1 Å². The Kier molecular flexibility index (Phi) is 7.35. The normalized spacial score (nSPS) is 15.4. The zero-order chi connectivity index (χ0) is 15.2. The number of rotatable bonds is 6. The van der Waals surface area contributed by atoms with Crippen LogP contribution in [0.5, 0.6) is 0 Å². The molecule has 1 heterocycles. The average Bonchev–Trinajstić information content (AvgIpc) is 2.90. The van der Waals surface area contributed by atoms with Gasteiger partial charge >= 0.3 is 0 Å². The average molecular weight is 326 g/mol. The Morgan fingerprint density at radius 3 is 2.50 bits per heavy atom. The number of nitrogens with one attached hydrogen (secondary N) is 1. The van der Waals surface area contributed by atoms with Crippen molar-refractivity contribution in [2.75, 3.05) is 13.1 Å². The molecule has 1 atom stereocenters. The fourth-order valence-electron chi connectivity index (χ4n) is 2.32. The van der Waals surface area contributed by atoms with E-state index in [4.69, 9.17) is 5.73 Å². The number of hydrogen-bond donors (Lipinski definition) is 2. The summed E-state index contributed by atoms with van der Waals surface area (Å²) < 4.78 is 0. The fourth-order valence-corrected chi connectivity index (χ4v) is 2.32. The number of likely N-dealkylation sites (tertiary alicyclic amines) is 1. The molecule has 0 aliphatic carbocycles. The van der Waals surface area contributed by atoms with Crippen molar-refractivity contribution in [3.63, 3.8) is 0 Å². The summed E-state index contributed by atoms with van der Waals surface area (Å²) in [4.78, 5) is 25.1. The highest BCUT2D eigenvalue weighted by Gasteiger charge is 2.19. The van der Waals surface area contributed by atoms with Crippen LogP contribution >= 0.6 is 12.4 Å². The van der Waals surface area contributed by atoms with Gasteiger partial charge in [-0.05, 0) is 17.5 Å². The number of halogens is 1. The van der Waals surface area contributed by atoms with Gasteiger partial charge in [0.2, 0.25) is 11.8 Å². The Labute approximate surface area is 137 Å². The van der Waals surface area contributed by atoms with E-state index in [-0.39, 0.29) is 30.1 Å². The molecule has 0 spiro atoms. The maximum absolute atomic E-state index is 11.6. The van der Waals surface area contributed by atoms with Crippen LogP contribution in [0.2, 0.25) is 0 Å². The highest BCUT2D eigenvalue weighted by atomic mass is 35.5. The summed E-state index contributed by atoms with van der Waals surface area (Å²) in [5.74, 6) is 0.0526. The van der Waals surface area contributed by atoms with Gasteiger partial charge in [-0.15, -0.1) is 12.4 Å². The third-order valence-electron chi connectivity index (χ3n) is 3.84. The molecule has 1 aromatic carbocycles. The van der Waals surface area contributed by atoms with E-state index in [9.17, 15) is 9.59 Å². The van der Waals surface area contributed by atoms with Gasteiger partial charge in [-0.25, -0.2) is 0 Å². The van der Waals surface area contributed by atoms with Crippen molar-refractivity contribution in [2.45, 2.75) is 32.9 Å². The maximum Gasteiger partial charge on any atom is 0.224 e. The van der Waals surface area contributed by atoms with Crippen molar-refractivity contribution < 1.29 is 9.59 Å². The topological polar surface area (TPSA) is 75.4 Å². The Morgan fingerprint density at radius 1 is 1.32 bits per heavy atom. The van der Waals surface area contributed by atoms with Gasteiger partial charge in [-0.2, -0.15) is 0 Å². The third kappa shape index (κ3) is 5.00. The minimum Gasteiger partial charge on any atom is -0.352 e. The first-order valence-corrected chi connectivity index (χ1v) is 7.43. The lowest BCUT2D eigenvalue weighted by atomic mass is 10.1. The summed E-state index contributed by atoms with van der Waals surface area (Å²) in [6.45, 7) is 4.20. The summed E-state index contributed by atoms with van der Waals surface area (Å²) in [7, 11) is 0. The highest BCUT2D eigenvalue weighted by molar-refractivity contribution is 5.85. The lowest BCUT2D eigenvalue weighted by Gasteiger charge is -2.16. The minimum absolute atomic E-state index is 0. The second-order valence-electron chi connectivity index (χ2n) is 5.59. The van der Waals surface area contributed by atoms with Crippen LogP contribution < -0.4 is 11.1 Å². The predicted octanol–water partition coefficient (Wildman–Crippen LogP) is 1.44. The number of nitrogens with zero attached hydrogens (tertiary/aromatic N) is 1. The first-order valence-electron chi connectivity index (χ1n) is 7.43. The standard InChI is InChI=1S/C16H23N3O2.ClH/c1-12(9-17)16(21)18-10-13-4-6-14(7-5-13)11-19-8-2-3-15(19)20;/h4-7,12H,2-3,8-11,17H2,1H3,(H,18,21);1H. The molecule has 0 aromatic heterocycles. The summed E-state index contributed by atoms with van der Waals surface area (Å²) in [5.41, 5.74) is 7.62. The van der Waals surface area contributed by atoms with Crippen molar-refractivity contribution in [3.8, 4) is 0 Å². The van der Waals surface area contributed by atoms with E-state index in [2.05, 4.69) is 5.32 Å². The molecule has 22 heavy (non-hydrogen) atoms. The Hall–Kier alpha value is -1.59. The van der Waals surface area contributed by atoms with Crippen LogP contribution in [0.4, 0.5) is 0 Å². The molecule has 2 amide bonds. The smallest absolute Gasteiger partial charge is 0.224 e. The summed E-state index contributed by atoms with van der Waals surface area (Å²) in [6, 6.07) is 8.01. The number of benzene rings is 1. The summed E-state index contributed by atoms with van der Waals surface area (Å²) in [6.07, 6.45) is 1.63. The predicted molar refractivity (Wildman–Crippen MR) is 88.4 cm³/mol. The Bertz CT molecular complexity index is 505. The second-order valence-corrected chi connectivity index (χ2v) is 5.59. The van der Waals surface area contributed by atoms with Crippen LogP contribution in [-0.4, -0.2) is 29.8 Å². The highest BCUT2D eigenvalue weighted by Crippen LogP contribution is 2.14. The van der Waals surface area contributed by atoms with Crippen molar-refractivity contribution in [2.24, 2.45) is 11.7 Å². The van der Waals surface area contributed by atoms with Gasteiger partial charge in [-0.3, -0.25) is 9.59 Å². The quantitative estimate of drug-likeness (QED) is 0.831. The number of nitrogens with two attached hydrogens (primary N) is 1. The van der Waals surface area contributed by atoms with Crippen molar-refractivity contribution in [1.82, 2.24) is 10.2 Å². The minimum atomic E-state index is -0.162. The SMILES string of the molecule is CC(CN)C(=O)NCc1ccc(CN2CCCC2=O)cc1.Cl. The molecule has 2 rings (SSSR count). The van der Waals surface area contributed by atoms with Crippen LogP contribution in [0, 0.1) is 5.92 Å². The van der Waals surface area contributed by atoms with Crippen LogP contribution in [0.15, 0.2) is 24.3 Å². The molecule has 1 aromatic rings. The molecular formula is C16H24ClN3O2. The monoisotopic (exact) mass is 325 g/mol. The molecule has 1 saturated heterocycles. The molecule has 0 saturated carbocycles. The molecule has 1 fully saturated rings. The molecule has 1 unspecified atom stereocenters. The Balaban J connectivity index is 0.00000242. The summed E-state index contributed by atoms with van der Waals surface area (Å²) in [5, 5.41) is 2.87. The van der Waals surface area contributed by atoms with Crippen LogP contribution in [-0.2, 0) is 22.7 Å². The van der Waals surface area contributed by atoms with Crippen molar-refractivity contribution in [3.05, 3.63) is 35.4 Å². The molecule has 1 aliphatic heterocycles. The first-order chi connectivity index (χ1) is 10.1. The molecule has 0 radical (unpaired) electrons. The zero-order valence-corrected chi connectivity index (χ0v) is 13.7. The van der Waals surface area contributed by atoms with Crippen LogP contribution in [0.1, 0.15) is 30.9 Å². The Morgan fingerprint density at radius 2 is 1.95 bits per heavy atom. The number of carbonyl (C=O) groups is 2. The molecule has 1 aliphatic rings.